The number of benzene rings is 1. The van der Waals surface area contributed by atoms with Crippen LogP contribution in [0, 0.1) is 0 Å². The average Bonchev–Trinajstić information content (AvgIpc) is 2.28. The van der Waals surface area contributed by atoms with Gasteiger partial charge in [-0.2, -0.15) is 0 Å². The van der Waals surface area contributed by atoms with Gasteiger partial charge in [-0.25, -0.2) is 0 Å². The molecule has 0 radical (unpaired) electrons. The lowest BCUT2D eigenvalue weighted by Crippen LogP contribution is -2.44. The lowest BCUT2D eigenvalue weighted by atomic mass is 10.1. The molecule has 3 nitrogen and oxygen atoms in total. The molecule has 1 aromatic carbocycles. The zero-order valence-corrected chi connectivity index (χ0v) is 10.8. The van der Waals surface area contributed by atoms with Crippen molar-refractivity contribution in [2.24, 2.45) is 0 Å². The lowest BCUT2D eigenvalue weighted by Gasteiger charge is -2.35. The standard InChI is InChI=1S/C14H21NO2/c1-11-8-15(9-12(2)17-11)10-13-4-6-14(16-3)7-5-13/h4-7,11-12H,8-10H2,1-3H3/t11-,12-/m0/s1. The first-order valence-corrected chi connectivity index (χ1v) is 6.18. The SMILES string of the molecule is COc1ccc(CN2C[C@H](C)O[C@@H](C)C2)cc1. The van der Waals surface area contributed by atoms with Crippen LogP contribution in [0.2, 0.25) is 0 Å². The highest BCUT2D eigenvalue weighted by atomic mass is 16.5. The number of rotatable bonds is 3. The fourth-order valence-corrected chi connectivity index (χ4v) is 2.40. The van der Waals surface area contributed by atoms with E-state index in [4.69, 9.17) is 9.47 Å². The quantitative estimate of drug-likeness (QED) is 0.802. The Bertz CT molecular complexity index is 340. The molecular weight excluding hydrogens is 214 g/mol. The zero-order chi connectivity index (χ0) is 12.3. The van der Waals surface area contributed by atoms with E-state index in [1.807, 2.05) is 12.1 Å². The van der Waals surface area contributed by atoms with Crippen LogP contribution in [0.1, 0.15) is 19.4 Å². The minimum absolute atomic E-state index is 0.331. The molecule has 94 valence electrons. The second kappa shape index (κ2) is 5.52. The smallest absolute Gasteiger partial charge is 0.118 e. The summed E-state index contributed by atoms with van der Waals surface area (Å²) in [5.74, 6) is 0.914. The first-order chi connectivity index (χ1) is 8.17. The van der Waals surface area contributed by atoms with Crippen molar-refractivity contribution in [1.82, 2.24) is 4.90 Å². The molecule has 0 bridgehead atoms. The molecule has 1 aliphatic rings. The number of hydrogen-bond donors (Lipinski definition) is 0. The summed E-state index contributed by atoms with van der Waals surface area (Å²) in [7, 11) is 1.69. The number of methoxy groups -OCH3 is 1. The van der Waals surface area contributed by atoms with Crippen LogP contribution in [0.15, 0.2) is 24.3 Å². The van der Waals surface area contributed by atoms with Crippen LogP contribution >= 0.6 is 0 Å². The Hall–Kier alpha value is -1.06. The summed E-state index contributed by atoms with van der Waals surface area (Å²) in [6.45, 7) is 7.28. The average molecular weight is 235 g/mol. The summed E-state index contributed by atoms with van der Waals surface area (Å²) in [6.07, 6.45) is 0.661. The molecule has 1 saturated heterocycles. The molecule has 3 heteroatoms. The normalized spacial score (nSPS) is 25.8. The summed E-state index contributed by atoms with van der Waals surface area (Å²) in [5, 5.41) is 0. The lowest BCUT2D eigenvalue weighted by molar-refractivity contribution is -0.0704. The molecule has 0 spiro atoms. The number of nitrogens with zero attached hydrogens (tertiary/aromatic N) is 1. The van der Waals surface area contributed by atoms with Gasteiger partial charge >= 0.3 is 0 Å². The Kier molecular flexibility index (Phi) is 4.02. The van der Waals surface area contributed by atoms with Crippen molar-refractivity contribution < 1.29 is 9.47 Å². The van der Waals surface area contributed by atoms with Crippen molar-refractivity contribution >= 4 is 0 Å². The largest absolute Gasteiger partial charge is 0.497 e. The van der Waals surface area contributed by atoms with Gasteiger partial charge in [-0.15, -0.1) is 0 Å². The zero-order valence-electron chi connectivity index (χ0n) is 10.8. The van der Waals surface area contributed by atoms with E-state index in [2.05, 4.69) is 30.9 Å². The van der Waals surface area contributed by atoms with Crippen LogP contribution in [-0.2, 0) is 11.3 Å². The molecule has 0 amide bonds. The van der Waals surface area contributed by atoms with Crippen LogP contribution < -0.4 is 4.74 Å². The van der Waals surface area contributed by atoms with Gasteiger partial charge in [-0.3, -0.25) is 4.90 Å². The second-order valence-electron chi connectivity index (χ2n) is 4.80. The predicted molar refractivity (Wildman–Crippen MR) is 68.3 cm³/mol. The fourth-order valence-electron chi connectivity index (χ4n) is 2.40. The summed E-state index contributed by atoms with van der Waals surface area (Å²) in [5.41, 5.74) is 1.33. The summed E-state index contributed by atoms with van der Waals surface area (Å²) in [4.78, 5) is 2.45. The summed E-state index contributed by atoms with van der Waals surface area (Å²) < 4.78 is 10.9. The molecule has 17 heavy (non-hydrogen) atoms. The minimum Gasteiger partial charge on any atom is -0.497 e. The monoisotopic (exact) mass is 235 g/mol. The van der Waals surface area contributed by atoms with E-state index in [9.17, 15) is 0 Å². The van der Waals surface area contributed by atoms with Gasteiger partial charge < -0.3 is 9.47 Å². The van der Waals surface area contributed by atoms with Gasteiger partial charge in [0.2, 0.25) is 0 Å². The van der Waals surface area contributed by atoms with Crippen molar-refractivity contribution in [3.63, 3.8) is 0 Å². The van der Waals surface area contributed by atoms with Gasteiger partial charge in [0.05, 0.1) is 19.3 Å². The Morgan fingerprint density at radius 1 is 1.18 bits per heavy atom. The third kappa shape index (κ3) is 3.45. The number of morpholine rings is 1. The van der Waals surface area contributed by atoms with E-state index in [0.29, 0.717) is 12.2 Å². The van der Waals surface area contributed by atoms with Crippen LogP contribution in [-0.4, -0.2) is 37.3 Å². The Morgan fingerprint density at radius 3 is 2.29 bits per heavy atom. The van der Waals surface area contributed by atoms with Gasteiger partial charge in [-0.05, 0) is 31.5 Å². The molecule has 0 aliphatic carbocycles. The number of ether oxygens (including phenoxy) is 2. The van der Waals surface area contributed by atoms with Crippen molar-refractivity contribution in [2.45, 2.75) is 32.6 Å². The van der Waals surface area contributed by atoms with Gasteiger partial charge in [0.25, 0.3) is 0 Å². The van der Waals surface area contributed by atoms with E-state index in [-0.39, 0.29) is 0 Å². The first kappa shape index (κ1) is 12.4. The fraction of sp³-hybridized carbons (Fsp3) is 0.571. The second-order valence-corrected chi connectivity index (χ2v) is 4.80. The van der Waals surface area contributed by atoms with Crippen molar-refractivity contribution in [3.8, 4) is 5.75 Å². The summed E-state index contributed by atoms with van der Waals surface area (Å²) in [6, 6.07) is 8.29. The minimum atomic E-state index is 0.331. The van der Waals surface area contributed by atoms with Gasteiger partial charge in [0.1, 0.15) is 5.75 Å². The van der Waals surface area contributed by atoms with Gasteiger partial charge in [-0.1, -0.05) is 12.1 Å². The maximum Gasteiger partial charge on any atom is 0.118 e. The van der Waals surface area contributed by atoms with Crippen LogP contribution in [0.5, 0.6) is 5.75 Å². The van der Waals surface area contributed by atoms with E-state index in [1.54, 1.807) is 7.11 Å². The van der Waals surface area contributed by atoms with Gasteiger partial charge in [0.15, 0.2) is 0 Å². The van der Waals surface area contributed by atoms with Crippen molar-refractivity contribution in [3.05, 3.63) is 29.8 Å². The molecule has 0 saturated carbocycles. The molecule has 1 aliphatic heterocycles. The van der Waals surface area contributed by atoms with E-state index < -0.39 is 0 Å². The van der Waals surface area contributed by atoms with E-state index in [1.165, 1.54) is 5.56 Å². The third-order valence-electron chi connectivity index (χ3n) is 3.06. The predicted octanol–water partition coefficient (Wildman–Crippen LogP) is 2.30. The van der Waals surface area contributed by atoms with Crippen LogP contribution in [0.3, 0.4) is 0 Å². The summed E-state index contributed by atoms with van der Waals surface area (Å²) >= 11 is 0. The highest BCUT2D eigenvalue weighted by Crippen LogP contribution is 2.16. The molecule has 1 heterocycles. The molecule has 0 aromatic heterocycles. The molecule has 2 atom stereocenters. The highest BCUT2D eigenvalue weighted by Gasteiger charge is 2.21. The van der Waals surface area contributed by atoms with Crippen LogP contribution in [0.25, 0.3) is 0 Å². The maximum atomic E-state index is 5.73. The number of hydrogen-bond acceptors (Lipinski definition) is 3. The third-order valence-corrected chi connectivity index (χ3v) is 3.06. The molecule has 2 rings (SSSR count). The van der Waals surface area contributed by atoms with Crippen molar-refractivity contribution in [2.75, 3.05) is 20.2 Å². The van der Waals surface area contributed by atoms with Crippen molar-refractivity contribution in [1.29, 1.82) is 0 Å². The van der Waals surface area contributed by atoms with E-state index in [0.717, 1.165) is 25.4 Å². The molecule has 0 N–H and O–H groups in total. The van der Waals surface area contributed by atoms with Crippen LogP contribution in [0.4, 0.5) is 0 Å². The van der Waals surface area contributed by atoms with E-state index >= 15 is 0 Å². The Labute approximate surface area is 103 Å². The topological polar surface area (TPSA) is 21.7 Å². The molecule has 0 unspecified atom stereocenters. The maximum absolute atomic E-state index is 5.73. The highest BCUT2D eigenvalue weighted by molar-refractivity contribution is 5.27. The molecular formula is C14H21NO2. The Morgan fingerprint density at radius 2 is 1.76 bits per heavy atom. The molecule has 1 fully saturated rings. The first-order valence-electron chi connectivity index (χ1n) is 6.18. The van der Waals surface area contributed by atoms with Gasteiger partial charge in [0, 0.05) is 19.6 Å². The Balaban J connectivity index is 1.95. The molecule has 1 aromatic rings.